The molecule has 0 saturated heterocycles. The normalized spacial score (nSPS) is 17.1. The molecule has 0 amide bonds. The second kappa shape index (κ2) is 5.61. The molecular formula is C11H24O2. The van der Waals surface area contributed by atoms with E-state index in [2.05, 4.69) is 13.8 Å². The van der Waals surface area contributed by atoms with Crippen molar-refractivity contribution in [1.29, 1.82) is 0 Å². The van der Waals surface area contributed by atoms with Crippen LogP contribution in [-0.2, 0) is 4.74 Å². The van der Waals surface area contributed by atoms with Crippen molar-refractivity contribution in [2.24, 2.45) is 5.92 Å². The zero-order valence-electron chi connectivity index (χ0n) is 9.63. The summed E-state index contributed by atoms with van der Waals surface area (Å²) in [5.74, 6) is 0.565. The van der Waals surface area contributed by atoms with Gasteiger partial charge < -0.3 is 9.84 Å². The van der Waals surface area contributed by atoms with Crippen molar-refractivity contribution >= 4 is 0 Å². The first-order valence-electron chi connectivity index (χ1n) is 5.26. The first-order valence-corrected chi connectivity index (χ1v) is 5.26. The van der Waals surface area contributed by atoms with Gasteiger partial charge in [-0.25, -0.2) is 0 Å². The molecule has 0 spiro atoms. The molecule has 0 aliphatic heterocycles. The molecule has 0 radical (unpaired) electrons. The predicted octanol–water partition coefficient (Wildman–Crippen LogP) is 2.60. The van der Waals surface area contributed by atoms with E-state index < -0.39 is 5.60 Å². The van der Waals surface area contributed by atoms with Crippen molar-refractivity contribution in [2.45, 2.75) is 59.2 Å². The Bertz CT molecular complexity index is 132. The van der Waals surface area contributed by atoms with Crippen LogP contribution in [0.2, 0.25) is 0 Å². The average Bonchev–Trinajstić information content (AvgIpc) is 2.04. The Kier molecular flexibility index (Phi) is 5.57. The molecule has 0 aromatic rings. The van der Waals surface area contributed by atoms with Gasteiger partial charge in [0.25, 0.3) is 0 Å². The maximum Gasteiger partial charge on any atom is 0.0884 e. The third kappa shape index (κ3) is 4.63. The summed E-state index contributed by atoms with van der Waals surface area (Å²) in [6.45, 7) is 10.8. The summed E-state index contributed by atoms with van der Waals surface area (Å²) in [7, 11) is 0. The number of hydrogen-bond acceptors (Lipinski definition) is 2. The highest BCUT2D eigenvalue weighted by molar-refractivity contribution is 4.79. The summed E-state index contributed by atoms with van der Waals surface area (Å²) in [4.78, 5) is 0. The topological polar surface area (TPSA) is 29.5 Å². The summed E-state index contributed by atoms with van der Waals surface area (Å²) in [5, 5.41) is 9.88. The van der Waals surface area contributed by atoms with Crippen molar-refractivity contribution < 1.29 is 9.84 Å². The first kappa shape index (κ1) is 12.9. The Morgan fingerprint density at radius 1 is 1.31 bits per heavy atom. The van der Waals surface area contributed by atoms with Gasteiger partial charge in [0.05, 0.1) is 11.7 Å². The fourth-order valence-corrected chi connectivity index (χ4v) is 1.30. The Balaban J connectivity index is 3.99. The van der Waals surface area contributed by atoms with Gasteiger partial charge in [0.1, 0.15) is 0 Å². The van der Waals surface area contributed by atoms with Crippen LogP contribution in [0.3, 0.4) is 0 Å². The highest BCUT2D eigenvalue weighted by Crippen LogP contribution is 2.22. The summed E-state index contributed by atoms with van der Waals surface area (Å²) in [5.41, 5.74) is -0.405. The summed E-state index contributed by atoms with van der Waals surface area (Å²) in [6, 6.07) is 0. The van der Waals surface area contributed by atoms with E-state index in [1.807, 2.05) is 20.8 Å². The molecule has 2 atom stereocenters. The smallest absolute Gasteiger partial charge is 0.0884 e. The van der Waals surface area contributed by atoms with Gasteiger partial charge in [-0.05, 0) is 33.1 Å². The Morgan fingerprint density at radius 3 is 2.23 bits per heavy atom. The van der Waals surface area contributed by atoms with E-state index in [-0.39, 0.29) is 6.10 Å². The average molecular weight is 188 g/mol. The van der Waals surface area contributed by atoms with Gasteiger partial charge in [-0.2, -0.15) is 0 Å². The molecule has 13 heavy (non-hydrogen) atoms. The summed E-state index contributed by atoms with van der Waals surface area (Å²) >= 11 is 0. The minimum atomic E-state index is -0.405. The molecule has 0 aliphatic rings. The van der Waals surface area contributed by atoms with Gasteiger partial charge in [-0.3, -0.25) is 0 Å². The number of rotatable bonds is 6. The second-order valence-electron chi connectivity index (χ2n) is 4.30. The van der Waals surface area contributed by atoms with Crippen molar-refractivity contribution in [3.05, 3.63) is 0 Å². The zero-order chi connectivity index (χ0) is 10.5. The fourth-order valence-electron chi connectivity index (χ4n) is 1.30. The maximum absolute atomic E-state index is 9.88. The molecule has 2 unspecified atom stereocenters. The molecule has 0 rings (SSSR count). The van der Waals surface area contributed by atoms with Gasteiger partial charge in [0.2, 0.25) is 0 Å². The Labute approximate surface area is 82.3 Å². The summed E-state index contributed by atoms with van der Waals surface area (Å²) < 4.78 is 5.49. The van der Waals surface area contributed by atoms with Gasteiger partial charge in [0, 0.05) is 6.61 Å². The van der Waals surface area contributed by atoms with E-state index in [9.17, 15) is 5.11 Å². The molecule has 0 bridgehead atoms. The van der Waals surface area contributed by atoms with E-state index in [0.29, 0.717) is 12.5 Å². The molecule has 2 nitrogen and oxygen atoms in total. The van der Waals surface area contributed by atoms with Crippen LogP contribution >= 0.6 is 0 Å². The lowest BCUT2D eigenvalue weighted by Gasteiger charge is -2.31. The van der Waals surface area contributed by atoms with Crippen LogP contribution < -0.4 is 0 Å². The van der Waals surface area contributed by atoms with E-state index >= 15 is 0 Å². The molecule has 0 aromatic carbocycles. The lowest BCUT2D eigenvalue weighted by Crippen LogP contribution is -2.40. The van der Waals surface area contributed by atoms with E-state index in [1.165, 1.54) is 0 Å². The monoisotopic (exact) mass is 188 g/mol. The van der Waals surface area contributed by atoms with Crippen molar-refractivity contribution in [3.63, 3.8) is 0 Å². The third-order valence-corrected chi connectivity index (χ3v) is 2.64. The molecule has 0 fully saturated rings. The Morgan fingerprint density at radius 2 is 1.85 bits per heavy atom. The number of ether oxygens (including phenoxy) is 1. The molecular weight excluding hydrogens is 164 g/mol. The van der Waals surface area contributed by atoms with E-state index in [1.54, 1.807) is 0 Å². The van der Waals surface area contributed by atoms with Crippen LogP contribution in [0.15, 0.2) is 0 Å². The number of hydrogen-bond donors (Lipinski definition) is 1. The van der Waals surface area contributed by atoms with Crippen LogP contribution in [0, 0.1) is 5.92 Å². The number of aliphatic hydroxyl groups excluding tert-OH is 1. The molecule has 0 saturated carbocycles. The van der Waals surface area contributed by atoms with E-state index in [0.717, 1.165) is 12.8 Å². The molecule has 80 valence electrons. The van der Waals surface area contributed by atoms with E-state index in [4.69, 9.17) is 4.74 Å². The highest BCUT2D eigenvalue weighted by atomic mass is 16.5. The molecule has 0 heterocycles. The van der Waals surface area contributed by atoms with Gasteiger partial charge >= 0.3 is 0 Å². The maximum atomic E-state index is 9.88. The lowest BCUT2D eigenvalue weighted by molar-refractivity contribution is -0.103. The largest absolute Gasteiger partial charge is 0.390 e. The fraction of sp³-hybridized carbons (Fsp3) is 1.00. The molecule has 1 N–H and O–H groups in total. The van der Waals surface area contributed by atoms with Crippen LogP contribution in [0.4, 0.5) is 0 Å². The quantitative estimate of drug-likeness (QED) is 0.694. The second-order valence-corrected chi connectivity index (χ2v) is 4.30. The minimum Gasteiger partial charge on any atom is -0.390 e. The first-order chi connectivity index (χ1) is 5.94. The molecule has 2 heteroatoms. The van der Waals surface area contributed by atoms with Gasteiger partial charge in [0.15, 0.2) is 0 Å². The van der Waals surface area contributed by atoms with Gasteiger partial charge in [-0.15, -0.1) is 0 Å². The van der Waals surface area contributed by atoms with Crippen molar-refractivity contribution in [2.75, 3.05) is 6.61 Å². The van der Waals surface area contributed by atoms with Crippen molar-refractivity contribution in [1.82, 2.24) is 0 Å². The highest BCUT2D eigenvalue weighted by Gasteiger charge is 2.28. The minimum absolute atomic E-state index is 0.359. The predicted molar refractivity (Wildman–Crippen MR) is 55.8 cm³/mol. The molecule has 0 aromatic heterocycles. The zero-order valence-corrected chi connectivity index (χ0v) is 9.63. The summed E-state index contributed by atoms with van der Waals surface area (Å²) in [6.07, 6.45) is 1.57. The standard InChI is InChI=1S/C11H24O2/c1-6-9(3)8-10(12)11(4,5)13-7-2/h9-10,12H,6-8H2,1-5H3. The molecule has 0 aliphatic carbocycles. The van der Waals surface area contributed by atoms with Crippen LogP contribution in [0.5, 0.6) is 0 Å². The van der Waals surface area contributed by atoms with Crippen LogP contribution in [0.25, 0.3) is 0 Å². The van der Waals surface area contributed by atoms with Gasteiger partial charge in [-0.1, -0.05) is 20.3 Å². The lowest BCUT2D eigenvalue weighted by atomic mass is 9.91. The van der Waals surface area contributed by atoms with Crippen molar-refractivity contribution in [3.8, 4) is 0 Å². The number of aliphatic hydroxyl groups is 1. The van der Waals surface area contributed by atoms with Crippen LogP contribution in [0.1, 0.15) is 47.5 Å². The SMILES string of the molecule is CCOC(C)(C)C(O)CC(C)CC. The Hall–Kier alpha value is -0.0800. The van der Waals surface area contributed by atoms with Crippen LogP contribution in [-0.4, -0.2) is 23.4 Å². The third-order valence-electron chi connectivity index (χ3n) is 2.64.